The van der Waals surface area contributed by atoms with Crippen molar-refractivity contribution >= 4 is 17.5 Å². The summed E-state index contributed by atoms with van der Waals surface area (Å²) in [7, 11) is 0. The Hall–Kier alpha value is -3.35. The highest BCUT2D eigenvalue weighted by molar-refractivity contribution is 5.92. The second-order valence-corrected chi connectivity index (χ2v) is 5.39. The van der Waals surface area contributed by atoms with Crippen molar-refractivity contribution in [2.24, 2.45) is 0 Å². The van der Waals surface area contributed by atoms with Crippen LogP contribution in [0.25, 0.3) is 0 Å². The fourth-order valence-electron chi connectivity index (χ4n) is 2.18. The molecular formula is C18H16FN5O. The van der Waals surface area contributed by atoms with Gasteiger partial charge >= 0.3 is 0 Å². The lowest BCUT2D eigenvalue weighted by Crippen LogP contribution is -2.24. The molecule has 0 saturated carbocycles. The van der Waals surface area contributed by atoms with Crippen LogP contribution in [0.5, 0.6) is 0 Å². The van der Waals surface area contributed by atoms with Crippen molar-refractivity contribution in [1.82, 2.24) is 20.3 Å². The van der Waals surface area contributed by atoms with Gasteiger partial charge in [-0.05, 0) is 55.0 Å². The van der Waals surface area contributed by atoms with Crippen LogP contribution in [0.15, 0.2) is 54.9 Å². The Morgan fingerprint density at radius 3 is 2.52 bits per heavy atom. The highest BCUT2D eigenvalue weighted by Gasteiger charge is 2.11. The van der Waals surface area contributed by atoms with Crippen LogP contribution in [0, 0.1) is 12.7 Å². The van der Waals surface area contributed by atoms with E-state index in [1.54, 1.807) is 37.5 Å². The van der Waals surface area contributed by atoms with Crippen molar-refractivity contribution in [3.05, 3.63) is 77.6 Å². The molecule has 25 heavy (non-hydrogen) atoms. The van der Waals surface area contributed by atoms with E-state index in [0.29, 0.717) is 17.9 Å². The maximum absolute atomic E-state index is 13.0. The van der Waals surface area contributed by atoms with Crippen LogP contribution >= 0.6 is 0 Å². The van der Waals surface area contributed by atoms with Gasteiger partial charge in [0.1, 0.15) is 11.5 Å². The summed E-state index contributed by atoms with van der Waals surface area (Å²) >= 11 is 0. The number of anilines is 2. The Kier molecular flexibility index (Phi) is 4.94. The molecule has 0 bridgehead atoms. The number of amides is 1. The van der Waals surface area contributed by atoms with Gasteiger partial charge in [0, 0.05) is 30.3 Å². The second kappa shape index (κ2) is 7.48. The fourth-order valence-corrected chi connectivity index (χ4v) is 2.18. The number of hydrogen-bond acceptors (Lipinski definition) is 5. The summed E-state index contributed by atoms with van der Waals surface area (Å²) in [5.41, 5.74) is 2.48. The highest BCUT2D eigenvalue weighted by atomic mass is 19.1. The first-order valence-corrected chi connectivity index (χ1v) is 7.65. The summed E-state index contributed by atoms with van der Waals surface area (Å²) in [6.45, 7) is 2.16. The van der Waals surface area contributed by atoms with Crippen LogP contribution in [-0.2, 0) is 6.54 Å². The van der Waals surface area contributed by atoms with Gasteiger partial charge < -0.3 is 10.6 Å². The minimum absolute atomic E-state index is 0.256. The Morgan fingerprint density at radius 1 is 1.08 bits per heavy atom. The van der Waals surface area contributed by atoms with E-state index in [1.807, 2.05) is 12.1 Å². The van der Waals surface area contributed by atoms with Gasteiger partial charge in [-0.2, -0.15) is 0 Å². The van der Waals surface area contributed by atoms with Gasteiger partial charge in [-0.25, -0.2) is 14.4 Å². The topological polar surface area (TPSA) is 79.8 Å². The molecule has 0 atom stereocenters. The molecular weight excluding hydrogens is 321 g/mol. The first-order chi connectivity index (χ1) is 12.1. The van der Waals surface area contributed by atoms with Crippen molar-refractivity contribution in [2.75, 3.05) is 5.32 Å². The number of halogens is 1. The smallest absolute Gasteiger partial charge is 0.270 e. The minimum Gasteiger partial charge on any atom is -0.347 e. The lowest BCUT2D eigenvalue weighted by atomic mass is 10.2. The summed E-state index contributed by atoms with van der Waals surface area (Å²) in [6, 6.07) is 11.1. The van der Waals surface area contributed by atoms with E-state index in [9.17, 15) is 9.18 Å². The standard InChI is InChI=1S/C18H16FN5O/c1-12-10-16(17(25)21-11-13-6-8-20-9-7-13)24-18(22-12)23-15-4-2-14(19)3-5-15/h2-10H,11H2,1H3,(H,21,25)(H,22,23,24). The monoisotopic (exact) mass is 337 g/mol. The van der Waals surface area contributed by atoms with E-state index in [1.165, 1.54) is 12.1 Å². The summed E-state index contributed by atoms with van der Waals surface area (Å²) in [5, 5.41) is 5.77. The van der Waals surface area contributed by atoms with Crippen LogP contribution in [-0.4, -0.2) is 20.9 Å². The third-order valence-corrected chi connectivity index (χ3v) is 3.39. The fraction of sp³-hybridized carbons (Fsp3) is 0.111. The minimum atomic E-state index is -0.327. The molecule has 1 amide bonds. The number of carbonyl (C=O) groups excluding carboxylic acids is 1. The van der Waals surface area contributed by atoms with Crippen molar-refractivity contribution in [3.63, 3.8) is 0 Å². The molecule has 0 fully saturated rings. The van der Waals surface area contributed by atoms with Gasteiger partial charge in [0.05, 0.1) is 0 Å². The molecule has 0 spiro atoms. The normalized spacial score (nSPS) is 10.3. The molecule has 126 valence electrons. The van der Waals surface area contributed by atoms with Gasteiger partial charge in [-0.3, -0.25) is 9.78 Å². The van der Waals surface area contributed by atoms with E-state index in [-0.39, 0.29) is 23.4 Å². The van der Waals surface area contributed by atoms with Crippen molar-refractivity contribution in [2.45, 2.75) is 13.5 Å². The van der Waals surface area contributed by atoms with Gasteiger partial charge in [0.25, 0.3) is 5.91 Å². The van der Waals surface area contributed by atoms with Crippen molar-refractivity contribution < 1.29 is 9.18 Å². The largest absolute Gasteiger partial charge is 0.347 e. The quantitative estimate of drug-likeness (QED) is 0.748. The summed E-state index contributed by atoms with van der Waals surface area (Å²) in [6.07, 6.45) is 3.34. The number of carbonyl (C=O) groups is 1. The molecule has 0 aliphatic carbocycles. The number of benzene rings is 1. The predicted molar refractivity (Wildman–Crippen MR) is 91.9 cm³/mol. The third-order valence-electron chi connectivity index (χ3n) is 3.39. The summed E-state index contributed by atoms with van der Waals surface area (Å²) in [5.74, 6) is -0.350. The Labute approximate surface area is 144 Å². The molecule has 0 saturated heterocycles. The van der Waals surface area contributed by atoms with Crippen molar-refractivity contribution in [3.8, 4) is 0 Å². The van der Waals surface area contributed by atoms with E-state index >= 15 is 0 Å². The van der Waals surface area contributed by atoms with Gasteiger partial charge in [0.2, 0.25) is 5.95 Å². The molecule has 6 nitrogen and oxygen atoms in total. The number of hydrogen-bond donors (Lipinski definition) is 2. The van der Waals surface area contributed by atoms with Crippen LogP contribution in [0.3, 0.4) is 0 Å². The van der Waals surface area contributed by atoms with Gasteiger partial charge in [-0.1, -0.05) is 0 Å². The van der Waals surface area contributed by atoms with Gasteiger partial charge in [-0.15, -0.1) is 0 Å². The molecule has 0 aliphatic heterocycles. The molecule has 2 heterocycles. The molecule has 1 aromatic carbocycles. The van der Waals surface area contributed by atoms with Crippen molar-refractivity contribution in [1.29, 1.82) is 0 Å². The maximum Gasteiger partial charge on any atom is 0.270 e. The zero-order chi connectivity index (χ0) is 17.6. The SMILES string of the molecule is Cc1cc(C(=O)NCc2ccncc2)nc(Nc2ccc(F)cc2)n1. The zero-order valence-corrected chi connectivity index (χ0v) is 13.5. The molecule has 0 unspecified atom stereocenters. The van der Waals surface area contributed by atoms with Gasteiger partial charge in [0.15, 0.2) is 0 Å². The van der Waals surface area contributed by atoms with Crippen LogP contribution in [0.2, 0.25) is 0 Å². The molecule has 3 aromatic rings. The number of nitrogens with one attached hydrogen (secondary N) is 2. The summed E-state index contributed by atoms with van der Waals surface area (Å²) in [4.78, 5) is 24.7. The number of rotatable bonds is 5. The maximum atomic E-state index is 13.0. The predicted octanol–water partition coefficient (Wildman–Crippen LogP) is 2.99. The first-order valence-electron chi connectivity index (χ1n) is 7.65. The Balaban J connectivity index is 1.72. The lowest BCUT2D eigenvalue weighted by Gasteiger charge is -2.09. The average molecular weight is 337 g/mol. The average Bonchev–Trinajstić information content (AvgIpc) is 2.62. The molecule has 0 aliphatic rings. The molecule has 2 aromatic heterocycles. The number of aryl methyl sites for hydroxylation is 1. The first kappa shape index (κ1) is 16.5. The van der Waals surface area contributed by atoms with Crippen LogP contribution < -0.4 is 10.6 Å². The Bertz CT molecular complexity index is 868. The van der Waals surface area contributed by atoms with Crippen LogP contribution in [0.4, 0.5) is 16.0 Å². The molecule has 0 radical (unpaired) electrons. The van der Waals surface area contributed by atoms with E-state index in [0.717, 1.165) is 5.56 Å². The molecule has 3 rings (SSSR count). The molecule has 7 heteroatoms. The third kappa shape index (κ3) is 4.57. The van der Waals surface area contributed by atoms with E-state index < -0.39 is 0 Å². The van der Waals surface area contributed by atoms with E-state index in [2.05, 4.69) is 25.6 Å². The number of aromatic nitrogens is 3. The summed E-state index contributed by atoms with van der Waals surface area (Å²) < 4.78 is 13.0. The number of pyridine rings is 1. The lowest BCUT2D eigenvalue weighted by molar-refractivity contribution is 0.0945. The van der Waals surface area contributed by atoms with Crippen LogP contribution in [0.1, 0.15) is 21.7 Å². The number of nitrogens with zero attached hydrogens (tertiary/aromatic N) is 3. The Morgan fingerprint density at radius 2 is 1.80 bits per heavy atom. The highest BCUT2D eigenvalue weighted by Crippen LogP contribution is 2.14. The van der Waals surface area contributed by atoms with E-state index in [4.69, 9.17) is 0 Å². The zero-order valence-electron chi connectivity index (χ0n) is 13.5. The molecule has 2 N–H and O–H groups in total. The second-order valence-electron chi connectivity index (χ2n) is 5.39.